The molecule has 2 aliphatic rings. The van der Waals surface area contributed by atoms with Crippen LogP contribution in [0.5, 0.6) is 0 Å². The number of rotatable bonds is 5. The molecule has 0 unspecified atom stereocenters. The average molecular weight is 378 g/mol. The van der Waals surface area contributed by atoms with Crippen LogP contribution < -0.4 is 0 Å². The molecule has 5 heteroatoms. The molecule has 146 valence electrons. The zero-order valence-corrected chi connectivity index (χ0v) is 16.1. The van der Waals surface area contributed by atoms with E-state index in [9.17, 15) is 9.59 Å². The van der Waals surface area contributed by atoms with Crippen molar-refractivity contribution in [2.45, 2.75) is 25.9 Å². The van der Waals surface area contributed by atoms with Crippen LogP contribution in [0.15, 0.2) is 54.6 Å². The van der Waals surface area contributed by atoms with E-state index in [1.165, 1.54) is 11.1 Å². The lowest BCUT2D eigenvalue weighted by molar-refractivity contribution is -0.136. The Morgan fingerprint density at radius 1 is 0.964 bits per heavy atom. The first kappa shape index (κ1) is 18.7. The van der Waals surface area contributed by atoms with Crippen LogP contribution in [-0.4, -0.2) is 46.4 Å². The number of carbonyl (C=O) groups excluding carboxylic acids is 1. The van der Waals surface area contributed by atoms with Gasteiger partial charge in [0.1, 0.15) is 0 Å². The van der Waals surface area contributed by atoms with Crippen LogP contribution in [0.4, 0.5) is 0 Å². The van der Waals surface area contributed by atoms with Crippen molar-refractivity contribution in [3.05, 3.63) is 71.3 Å². The molecule has 0 bridgehead atoms. The number of carboxylic acids is 1. The molecule has 2 aromatic carbocycles. The fourth-order valence-electron chi connectivity index (χ4n) is 4.86. The van der Waals surface area contributed by atoms with Crippen molar-refractivity contribution in [1.29, 1.82) is 0 Å². The number of nitrogens with zero attached hydrogens (tertiary/aromatic N) is 2. The summed E-state index contributed by atoms with van der Waals surface area (Å²) in [7, 11) is 0. The smallest absolute Gasteiger partial charge is 0.307 e. The van der Waals surface area contributed by atoms with E-state index in [-0.39, 0.29) is 18.4 Å². The molecular formula is C23H26N2O3. The normalized spacial score (nSPS) is 24.3. The summed E-state index contributed by atoms with van der Waals surface area (Å²) in [5, 5.41) is 8.90. The average Bonchev–Trinajstić information content (AvgIpc) is 3.21. The predicted molar refractivity (Wildman–Crippen MR) is 107 cm³/mol. The van der Waals surface area contributed by atoms with E-state index >= 15 is 0 Å². The van der Waals surface area contributed by atoms with Gasteiger partial charge in [0.25, 0.3) is 0 Å². The first-order valence-corrected chi connectivity index (χ1v) is 9.85. The molecule has 5 nitrogen and oxygen atoms in total. The van der Waals surface area contributed by atoms with E-state index in [1.807, 2.05) is 47.4 Å². The maximum absolute atomic E-state index is 12.2. The minimum atomic E-state index is -0.804. The van der Waals surface area contributed by atoms with Gasteiger partial charge in [-0.05, 0) is 22.6 Å². The Kier molecular flexibility index (Phi) is 5.18. The minimum absolute atomic E-state index is 0.0633. The summed E-state index contributed by atoms with van der Waals surface area (Å²) in [6, 6.07) is 18.4. The maximum Gasteiger partial charge on any atom is 0.307 e. The quantitative estimate of drug-likeness (QED) is 0.869. The van der Waals surface area contributed by atoms with Crippen molar-refractivity contribution in [1.82, 2.24) is 9.80 Å². The van der Waals surface area contributed by atoms with E-state index in [0.717, 1.165) is 31.7 Å². The van der Waals surface area contributed by atoms with E-state index in [4.69, 9.17) is 5.11 Å². The monoisotopic (exact) mass is 378 g/mol. The Balaban J connectivity index is 1.46. The van der Waals surface area contributed by atoms with Gasteiger partial charge in [-0.3, -0.25) is 14.5 Å². The van der Waals surface area contributed by atoms with E-state index in [0.29, 0.717) is 11.8 Å². The molecule has 0 saturated carbocycles. The SMILES string of the molecule is CC(=O)N1C[C@H]2CN(Cc3ccc(CC(=O)O)cc3)C[C@H]2[C@H]1c1ccccc1. The van der Waals surface area contributed by atoms with Gasteiger partial charge in [0.2, 0.25) is 5.91 Å². The highest BCUT2D eigenvalue weighted by Crippen LogP contribution is 2.45. The van der Waals surface area contributed by atoms with Crippen molar-refractivity contribution in [3.8, 4) is 0 Å². The fraction of sp³-hybridized carbons (Fsp3) is 0.391. The summed E-state index contributed by atoms with van der Waals surface area (Å²) in [6.07, 6.45) is 0.0633. The van der Waals surface area contributed by atoms with Crippen LogP contribution in [0.1, 0.15) is 29.7 Å². The van der Waals surface area contributed by atoms with Gasteiger partial charge in [0.15, 0.2) is 0 Å². The van der Waals surface area contributed by atoms with Crippen molar-refractivity contribution < 1.29 is 14.7 Å². The molecular weight excluding hydrogens is 352 g/mol. The number of benzene rings is 2. The molecule has 0 radical (unpaired) electrons. The van der Waals surface area contributed by atoms with Gasteiger partial charge in [-0.2, -0.15) is 0 Å². The van der Waals surface area contributed by atoms with Gasteiger partial charge in [-0.25, -0.2) is 0 Å². The lowest BCUT2D eigenvalue weighted by Gasteiger charge is -2.29. The third-order valence-electron chi connectivity index (χ3n) is 6.07. The summed E-state index contributed by atoms with van der Waals surface area (Å²) >= 11 is 0. The summed E-state index contributed by atoms with van der Waals surface area (Å²) < 4.78 is 0. The van der Waals surface area contributed by atoms with Crippen LogP contribution in [0.3, 0.4) is 0 Å². The van der Waals surface area contributed by atoms with Crippen LogP contribution in [0.2, 0.25) is 0 Å². The van der Waals surface area contributed by atoms with Crippen LogP contribution in [-0.2, 0) is 22.6 Å². The van der Waals surface area contributed by atoms with Gasteiger partial charge in [0, 0.05) is 39.0 Å². The Hall–Kier alpha value is -2.66. The highest BCUT2D eigenvalue weighted by Gasteiger charge is 2.48. The molecule has 1 N–H and O–H groups in total. The number of carboxylic acid groups (broad SMARTS) is 1. The molecule has 1 amide bonds. The van der Waals surface area contributed by atoms with Crippen molar-refractivity contribution >= 4 is 11.9 Å². The predicted octanol–water partition coefficient (Wildman–Crippen LogP) is 2.97. The van der Waals surface area contributed by atoms with Gasteiger partial charge in [-0.15, -0.1) is 0 Å². The minimum Gasteiger partial charge on any atom is -0.481 e. The lowest BCUT2D eigenvalue weighted by atomic mass is 9.89. The summed E-state index contributed by atoms with van der Waals surface area (Å²) in [4.78, 5) is 27.6. The van der Waals surface area contributed by atoms with Crippen molar-refractivity contribution in [3.63, 3.8) is 0 Å². The molecule has 4 rings (SSSR count). The van der Waals surface area contributed by atoms with E-state index < -0.39 is 5.97 Å². The topological polar surface area (TPSA) is 60.9 Å². The first-order chi connectivity index (χ1) is 13.5. The van der Waals surface area contributed by atoms with E-state index in [1.54, 1.807) is 6.92 Å². The Bertz CT molecular complexity index is 850. The Labute approximate surface area is 165 Å². The van der Waals surface area contributed by atoms with Crippen molar-refractivity contribution in [2.24, 2.45) is 11.8 Å². The first-order valence-electron chi connectivity index (χ1n) is 9.85. The molecule has 28 heavy (non-hydrogen) atoms. The van der Waals surface area contributed by atoms with Gasteiger partial charge in [0.05, 0.1) is 12.5 Å². The third-order valence-corrected chi connectivity index (χ3v) is 6.07. The maximum atomic E-state index is 12.2. The second-order valence-corrected chi connectivity index (χ2v) is 8.03. The molecule has 2 fully saturated rings. The second kappa shape index (κ2) is 7.76. The zero-order chi connectivity index (χ0) is 19.7. The number of aliphatic carboxylic acids is 1. The molecule has 2 saturated heterocycles. The number of fused-ring (bicyclic) bond motifs is 1. The molecule has 2 heterocycles. The van der Waals surface area contributed by atoms with Gasteiger partial charge in [-0.1, -0.05) is 54.6 Å². The van der Waals surface area contributed by atoms with Crippen LogP contribution in [0, 0.1) is 11.8 Å². The Morgan fingerprint density at radius 2 is 1.64 bits per heavy atom. The molecule has 0 aromatic heterocycles. The summed E-state index contributed by atoms with van der Waals surface area (Å²) in [6.45, 7) is 5.34. The molecule has 3 atom stereocenters. The number of hydrogen-bond donors (Lipinski definition) is 1. The van der Waals surface area contributed by atoms with Crippen LogP contribution in [0.25, 0.3) is 0 Å². The number of amides is 1. The largest absolute Gasteiger partial charge is 0.481 e. The van der Waals surface area contributed by atoms with Gasteiger partial charge < -0.3 is 10.0 Å². The van der Waals surface area contributed by atoms with Crippen molar-refractivity contribution in [2.75, 3.05) is 19.6 Å². The molecule has 2 aromatic rings. The molecule has 0 aliphatic carbocycles. The second-order valence-electron chi connectivity index (χ2n) is 8.03. The standard InChI is InChI=1S/C23H26N2O3/c1-16(26)25-14-20-13-24(12-18-9-7-17(8-10-18)11-22(27)28)15-21(20)23(25)19-5-3-2-4-6-19/h2-10,20-21,23H,11-15H2,1H3,(H,27,28)/t20-,21-,23-/m1/s1. The molecule has 2 aliphatic heterocycles. The number of likely N-dealkylation sites (tertiary alicyclic amines) is 2. The third kappa shape index (κ3) is 3.80. The lowest BCUT2D eigenvalue weighted by Crippen LogP contribution is -2.34. The molecule has 0 spiro atoms. The summed E-state index contributed by atoms with van der Waals surface area (Å²) in [5.74, 6) is 0.309. The number of hydrogen-bond acceptors (Lipinski definition) is 3. The van der Waals surface area contributed by atoms with Crippen LogP contribution >= 0.6 is 0 Å². The number of carbonyl (C=O) groups is 2. The fourth-order valence-corrected chi connectivity index (χ4v) is 4.86. The zero-order valence-electron chi connectivity index (χ0n) is 16.1. The highest BCUT2D eigenvalue weighted by molar-refractivity contribution is 5.74. The highest BCUT2D eigenvalue weighted by atomic mass is 16.4. The summed E-state index contributed by atoms with van der Waals surface area (Å²) in [5.41, 5.74) is 3.26. The van der Waals surface area contributed by atoms with E-state index in [2.05, 4.69) is 17.0 Å². The Morgan fingerprint density at radius 3 is 2.29 bits per heavy atom. The van der Waals surface area contributed by atoms with Gasteiger partial charge >= 0.3 is 5.97 Å².